The van der Waals surface area contributed by atoms with Crippen LogP contribution in [0.1, 0.15) is 37.0 Å². The predicted octanol–water partition coefficient (Wildman–Crippen LogP) is 5.45. The Morgan fingerprint density at radius 2 is 1.61 bits per heavy atom. The standard InChI is InChI=1S/C28H30BrN3O4/c1-3-20(2)30-28(34)26(17-21-9-5-4-6-10-21)31(19-22-13-15-24(29)16-14-22)27(33)18-23-11-7-8-12-25(23)32(35)36/h4-16,20,26H,3,17-19H2,1-2H3,(H,30,34)/t20-,26+/m0/s1. The van der Waals surface area contributed by atoms with Gasteiger partial charge in [0.1, 0.15) is 6.04 Å². The summed E-state index contributed by atoms with van der Waals surface area (Å²) in [4.78, 5) is 39.9. The molecule has 0 aliphatic rings. The second-order valence-corrected chi connectivity index (χ2v) is 9.65. The number of benzene rings is 3. The van der Waals surface area contributed by atoms with Crippen molar-refractivity contribution in [2.45, 2.75) is 51.7 Å². The van der Waals surface area contributed by atoms with Crippen LogP contribution >= 0.6 is 15.9 Å². The van der Waals surface area contributed by atoms with E-state index in [-0.39, 0.29) is 36.5 Å². The maximum absolute atomic E-state index is 13.8. The molecule has 0 fully saturated rings. The number of halogens is 1. The highest BCUT2D eigenvalue weighted by Gasteiger charge is 2.32. The molecule has 2 atom stereocenters. The quantitative estimate of drug-likeness (QED) is 0.253. The molecule has 3 aromatic carbocycles. The lowest BCUT2D eigenvalue weighted by Crippen LogP contribution is -2.52. The van der Waals surface area contributed by atoms with Gasteiger partial charge in [-0.1, -0.05) is 83.5 Å². The van der Waals surface area contributed by atoms with Crippen LogP contribution in [0.25, 0.3) is 0 Å². The summed E-state index contributed by atoms with van der Waals surface area (Å²) in [6.45, 7) is 4.10. The van der Waals surface area contributed by atoms with Crippen molar-refractivity contribution in [3.63, 3.8) is 0 Å². The van der Waals surface area contributed by atoms with Crippen LogP contribution in [0.2, 0.25) is 0 Å². The highest BCUT2D eigenvalue weighted by Crippen LogP contribution is 2.22. The van der Waals surface area contributed by atoms with Crippen LogP contribution in [-0.4, -0.2) is 33.7 Å². The molecular weight excluding hydrogens is 522 g/mol. The maximum atomic E-state index is 13.8. The highest BCUT2D eigenvalue weighted by molar-refractivity contribution is 9.10. The molecule has 188 valence electrons. The van der Waals surface area contributed by atoms with E-state index in [9.17, 15) is 19.7 Å². The minimum absolute atomic E-state index is 0.0596. The number of para-hydroxylation sites is 1. The fourth-order valence-electron chi connectivity index (χ4n) is 3.88. The monoisotopic (exact) mass is 551 g/mol. The molecule has 0 saturated heterocycles. The van der Waals surface area contributed by atoms with E-state index in [1.165, 1.54) is 6.07 Å². The Hall–Kier alpha value is -3.52. The molecule has 0 aromatic heterocycles. The smallest absolute Gasteiger partial charge is 0.273 e. The summed E-state index contributed by atoms with van der Waals surface area (Å²) in [6, 6.07) is 22.4. The Morgan fingerprint density at radius 3 is 2.25 bits per heavy atom. The topological polar surface area (TPSA) is 92.6 Å². The summed E-state index contributed by atoms with van der Waals surface area (Å²) < 4.78 is 0.902. The van der Waals surface area contributed by atoms with Crippen molar-refractivity contribution in [2.24, 2.45) is 0 Å². The van der Waals surface area contributed by atoms with Gasteiger partial charge < -0.3 is 10.2 Å². The zero-order chi connectivity index (χ0) is 26.1. The van der Waals surface area contributed by atoms with Crippen LogP contribution < -0.4 is 5.32 Å². The number of nitro benzene ring substituents is 1. The minimum atomic E-state index is -0.791. The molecule has 0 radical (unpaired) electrons. The second-order valence-electron chi connectivity index (χ2n) is 8.73. The average molecular weight is 552 g/mol. The van der Waals surface area contributed by atoms with Gasteiger partial charge in [-0.05, 0) is 36.6 Å². The van der Waals surface area contributed by atoms with E-state index in [0.717, 1.165) is 22.0 Å². The summed E-state index contributed by atoms with van der Waals surface area (Å²) >= 11 is 3.43. The summed E-state index contributed by atoms with van der Waals surface area (Å²) in [5.41, 5.74) is 1.97. The van der Waals surface area contributed by atoms with E-state index < -0.39 is 11.0 Å². The van der Waals surface area contributed by atoms with Crippen molar-refractivity contribution in [3.05, 3.63) is 110 Å². The molecule has 36 heavy (non-hydrogen) atoms. The Labute approximate surface area is 219 Å². The summed E-state index contributed by atoms with van der Waals surface area (Å²) in [7, 11) is 0. The fourth-order valence-corrected chi connectivity index (χ4v) is 4.15. The van der Waals surface area contributed by atoms with Gasteiger partial charge in [-0.15, -0.1) is 0 Å². The first kappa shape index (κ1) is 27.1. The van der Waals surface area contributed by atoms with E-state index in [2.05, 4.69) is 21.2 Å². The number of carbonyl (C=O) groups is 2. The first-order chi connectivity index (χ1) is 17.3. The molecule has 0 aliphatic carbocycles. The van der Waals surface area contributed by atoms with Crippen molar-refractivity contribution in [1.29, 1.82) is 0 Å². The number of nitro groups is 1. The van der Waals surface area contributed by atoms with Crippen LogP contribution in [0.5, 0.6) is 0 Å². The van der Waals surface area contributed by atoms with Crippen molar-refractivity contribution < 1.29 is 14.5 Å². The number of hydrogen-bond acceptors (Lipinski definition) is 4. The van der Waals surface area contributed by atoms with Crippen LogP contribution in [0.3, 0.4) is 0 Å². The van der Waals surface area contributed by atoms with Crippen LogP contribution in [0.4, 0.5) is 5.69 Å². The fraction of sp³-hybridized carbons (Fsp3) is 0.286. The second kappa shape index (κ2) is 13.0. The molecule has 0 unspecified atom stereocenters. The van der Waals surface area contributed by atoms with Gasteiger partial charge in [0.05, 0.1) is 11.3 Å². The number of amides is 2. The predicted molar refractivity (Wildman–Crippen MR) is 143 cm³/mol. The van der Waals surface area contributed by atoms with E-state index in [1.54, 1.807) is 23.1 Å². The lowest BCUT2D eigenvalue weighted by Gasteiger charge is -2.32. The van der Waals surface area contributed by atoms with Gasteiger partial charge in [-0.3, -0.25) is 19.7 Å². The van der Waals surface area contributed by atoms with Gasteiger partial charge >= 0.3 is 0 Å². The molecular formula is C28H30BrN3O4. The summed E-state index contributed by atoms with van der Waals surface area (Å²) in [5, 5.41) is 14.6. The normalized spacial score (nSPS) is 12.4. The van der Waals surface area contributed by atoms with Gasteiger partial charge in [0, 0.05) is 35.1 Å². The van der Waals surface area contributed by atoms with Crippen LogP contribution in [0.15, 0.2) is 83.3 Å². The largest absolute Gasteiger partial charge is 0.352 e. The SMILES string of the molecule is CC[C@H](C)NC(=O)[C@@H](Cc1ccccc1)N(Cc1ccc(Br)cc1)C(=O)Cc1ccccc1[N+](=O)[O-]. The van der Waals surface area contributed by atoms with Crippen LogP contribution in [-0.2, 0) is 29.0 Å². The summed E-state index contributed by atoms with van der Waals surface area (Å²) in [6.07, 6.45) is 0.887. The molecule has 0 aliphatic heterocycles. The minimum Gasteiger partial charge on any atom is -0.352 e. The number of carbonyl (C=O) groups excluding carboxylic acids is 2. The van der Waals surface area contributed by atoms with Gasteiger partial charge in [-0.2, -0.15) is 0 Å². The van der Waals surface area contributed by atoms with E-state index in [1.807, 2.05) is 68.4 Å². The molecule has 3 rings (SSSR count). The summed E-state index contributed by atoms with van der Waals surface area (Å²) in [5.74, 6) is -0.603. The Morgan fingerprint density at radius 1 is 0.972 bits per heavy atom. The van der Waals surface area contributed by atoms with Gasteiger partial charge in [0.25, 0.3) is 5.69 Å². The third kappa shape index (κ3) is 7.49. The number of rotatable bonds is 11. The average Bonchev–Trinajstić information content (AvgIpc) is 2.87. The maximum Gasteiger partial charge on any atom is 0.273 e. The molecule has 1 N–H and O–H groups in total. The number of hydrogen-bond donors (Lipinski definition) is 1. The molecule has 3 aromatic rings. The third-order valence-electron chi connectivity index (χ3n) is 6.07. The van der Waals surface area contributed by atoms with Crippen molar-refractivity contribution in [2.75, 3.05) is 0 Å². The van der Waals surface area contributed by atoms with Gasteiger partial charge in [-0.25, -0.2) is 0 Å². The van der Waals surface area contributed by atoms with Crippen molar-refractivity contribution in [3.8, 4) is 0 Å². The number of nitrogens with zero attached hydrogens (tertiary/aromatic N) is 2. The zero-order valence-electron chi connectivity index (χ0n) is 20.4. The third-order valence-corrected chi connectivity index (χ3v) is 6.60. The first-order valence-electron chi connectivity index (χ1n) is 11.9. The van der Waals surface area contributed by atoms with Crippen LogP contribution in [0, 0.1) is 10.1 Å². The Balaban J connectivity index is 2.01. The molecule has 0 spiro atoms. The molecule has 2 amide bonds. The first-order valence-corrected chi connectivity index (χ1v) is 12.7. The molecule has 0 saturated carbocycles. The van der Waals surface area contributed by atoms with E-state index in [4.69, 9.17) is 0 Å². The lowest BCUT2D eigenvalue weighted by atomic mass is 10.0. The molecule has 0 heterocycles. The molecule has 8 heteroatoms. The Kier molecular flexibility index (Phi) is 9.76. The Bertz CT molecular complexity index is 1180. The number of nitrogens with one attached hydrogen (secondary N) is 1. The highest BCUT2D eigenvalue weighted by atomic mass is 79.9. The molecule has 0 bridgehead atoms. The van der Waals surface area contributed by atoms with Crippen molar-refractivity contribution >= 4 is 33.4 Å². The molecule has 7 nitrogen and oxygen atoms in total. The lowest BCUT2D eigenvalue weighted by molar-refractivity contribution is -0.385. The van der Waals surface area contributed by atoms with Gasteiger partial charge in [0.2, 0.25) is 11.8 Å². The zero-order valence-corrected chi connectivity index (χ0v) is 22.0. The van der Waals surface area contributed by atoms with E-state index >= 15 is 0 Å². The van der Waals surface area contributed by atoms with Crippen molar-refractivity contribution in [1.82, 2.24) is 10.2 Å². The van der Waals surface area contributed by atoms with Gasteiger partial charge in [0.15, 0.2) is 0 Å². The van der Waals surface area contributed by atoms with E-state index in [0.29, 0.717) is 12.0 Å².